The predicted molar refractivity (Wildman–Crippen MR) is 184 cm³/mol. The number of nitrogens with one attached hydrogen (secondary N) is 2. The number of hydrogen-bond acceptors (Lipinski definition) is 6. The number of anilines is 2. The first kappa shape index (κ1) is 30.2. The summed E-state index contributed by atoms with van der Waals surface area (Å²) in [7, 11) is 0. The molecule has 7 rings (SSSR count). The van der Waals surface area contributed by atoms with Crippen molar-refractivity contribution >= 4 is 23.4 Å². The van der Waals surface area contributed by atoms with E-state index in [0.717, 1.165) is 0 Å². The third-order valence-corrected chi connectivity index (χ3v) is 7.79. The monoisotopic (exact) mass is 632 g/mol. The van der Waals surface area contributed by atoms with E-state index in [9.17, 15) is 9.59 Å². The number of fused-ring (bicyclic) bond motifs is 10. The second-order valence-electron chi connectivity index (χ2n) is 11.4. The van der Waals surface area contributed by atoms with Crippen LogP contribution in [0.15, 0.2) is 133 Å². The maximum Gasteiger partial charge on any atom is 0.322 e. The van der Waals surface area contributed by atoms with Gasteiger partial charge in [0.1, 0.15) is 0 Å². The third-order valence-electron chi connectivity index (χ3n) is 7.79. The molecule has 0 aliphatic carbocycles. The van der Waals surface area contributed by atoms with Crippen LogP contribution < -0.4 is 10.6 Å². The van der Waals surface area contributed by atoms with Gasteiger partial charge in [-0.05, 0) is 72.8 Å². The van der Waals surface area contributed by atoms with Crippen molar-refractivity contribution in [3.05, 3.63) is 156 Å². The largest absolute Gasteiger partial charge is 0.322 e. The molecule has 1 aliphatic heterocycles. The van der Waals surface area contributed by atoms with Crippen molar-refractivity contribution in [1.82, 2.24) is 29.7 Å². The van der Waals surface area contributed by atoms with Crippen LogP contribution in [0.4, 0.5) is 21.0 Å². The molecule has 0 saturated carbocycles. The molecule has 2 aromatic carbocycles. The lowest BCUT2D eigenvalue weighted by Crippen LogP contribution is -2.35. The molecule has 5 heterocycles. The highest BCUT2D eigenvalue weighted by Gasteiger charge is 2.20. The Morgan fingerprint density at radius 1 is 0.396 bits per heavy atom. The Morgan fingerprint density at radius 3 is 0.979 bits per heavy atom. The van der Waals surface area contributed by atoms with Gasteiger partial charge >= 0.3 is 12.1 Å². The van der Waals surface area contributed by atoms with Gasteiger partial charge in [-0.3, -0.25) is 0 Å². The fourth-order valence-electron chi connectivity index (χ4n) is 5.47. The Morgan fingerprint density at radius 2 is 0.688 bits per heavy atom. The van der Waals surface area contributed by atoms with Crippen molar-refractivity contribution in [3.63, 3.8) is 0 Å². The van der Waals surface area contributed by atoms with E-state index < -0.39 is 0 Å². The Hall–Kier alpha value is -6.42. The number of benzene rings is 2. The Labute approximate surface area is 278 Å². The van der Waals surface area contributed by atoms with Crippen molar-refractivity contribution in [2.75, 3.05) is 10.6 Å². The highest BCUT2D eigenvalue weighted by molar-refractivity contribution is 5.90. The number of pyridine rings is 4. The maximum absolute atomic E-state index is 13.7. The van der Waals surface area contributed by atoms with Crippen LogP contribution in [0.5, 0.6) is 0 Å². The summed E-state index contributed by atoms with van der Waals surface area (Å²) in [5.74, 6) is 0. The van der Waals surface area contributed by atoms with Gasteiger partial charge in [-0.2, -0.15) is 0 Å². The Bertz CT molecular complexity index is 1810. The minimum Gasteiger partial charge on any atom is -0.313 e. The summed E-state index contributed by atoms with van der Waals surface area (Å²) in [6.07, 6.45) is 0. The SMILES string of the molecule is O=C(Nc1ccccc1)N1Cc2cccc(n2)-c2cccc(n2)CN(C(=O)Nc2ccccc2)Cc2cccc(n2)-c2cccc(n2)C1. The maximum atomic E-state index is 13.7. The van der Waals surface area contributed by atoms with E-state index in [1.54, 1.807) is 9.80 Å². The number of rotatable bonds is 2. The van der Waals surface area contributed by atoms with Crippen LogP contribution in [-0.2, 0) is 26.2 Å². The second kappa shape index (κ2) is 13.9. The van der Waals surface area contributed by atoms with Crippen LogP contribution in [0.25, 0.3) is 22.8 Å². The van der Waals surface area contributed by atoms with E-state index in [1.807, 2.05) is 133 Å². The molecule has 6 aromatic rings. The van der Waals surface area contributed by atoms with Crippen LogP contribution in [0.2, 0.25) is 0 Å². The minimum atomic E-state index is -0.274. The molecule has 10 nitrogen and oxygen atoms in total. The van der Waals surface area contributed by atoms with Gasteiger partial charge in [0, 0.05) is 11.4 Å². The molecular weight excluding hydrogens is 600 g/mol. The summed E-state index contributed by atoms with van der Waals surface area (Å²) < 4.78 is 0. The van der Waals surface area contributed by atoms with Crippen molar-refractivity contribution in [1.29, 1.82) is 0 Å². The minimum absolute atomic E-state index is 0.235. The van der Waals surface area contributed by atoms with Crippen LogP contribution >= 0.6 is 0 Å². The zero-order valence-electron chi connectivity index (χ0n) is 26.0. The van der Waals surface area contributed by atoms with Crippen molar-refractivity contribution in [2.45, 2.75) is 26.2 Å². The fourth-order valence-corrected chi connectivity index (χ4v) is 5.47. The first-order chi connectivity index (χ1) is 23.6. The molecule has 2 N–H and O–H groups in total. The van der Waals surface area contributed by atoms with Crippen molar-refractivity contribution in [2.24, 2.45) is 0 Å². The van der Waals surface area contributed by atoms with Crippen LogP contribution in [-0.4, -0.2) is 41.8 Å². The number of nitrogens with zero attached hydrogens (tertiary/aromatic N) is 6. The zero-order chi connectivity index (χ0) is 32.7. The smallest absolute Gasteiger partial charge is 0.313 e. The first-order valence-corrected chi connectivity index (χ1v) is 15.6. The molecule has 8 bridgehead atoms. The molecule has 0 unspecified atom stereocenters. The van der Waals surface area contributed by atoms with Gasteiger partial charge < -0.3 is 20.4 Å². The standard InChI is InChI=1S/C38H32N8O2/c47-37(43-27-11-3-1-4-12-27)45-23-29-15-7-19-33(39-29)35-21-9-17-31(41-35)25-46(38(48)44-28-13-5-2-6-14-28)26-32-18-10-22-36(42-32)34-20-8-16-30(24-45)40-34/h1-22H,23-26H2,(H,43,47)(H,44,48). The predicted octanol–water partition coefficient (Wildman–Crippen LogP) is 7.38. The van der Waals surface area contributed by atoms with Gasteiger partial charge in [-0.15, -0.1) is 0 Å². The number of carbonyl (C=O) groups is 2. The molecule has 0 atom stereocenters. The van der Waals surface area contributed by atoms with Crippen molar-refractivity contribution in [3.8, 4) is 22.8 Å². The van der Waals surface area contributed by atoms with Crippen LogP contribution in [0, 0.1) is 0 Å². The van der Waals surface area contributed by atoms with Gasteiger partial charge in [0.05, 0.1) is 71.7 Å². The lowest BCUT2D eigenvalue weighted by Gasteiger charge is -2.24. The summed E-state index contributed by atoms with van der Waals surface area (Å²) in [6.45, 7) is 0.942. The van der Waals surface area contributed by atoms with Crippen molar-refractivity contribution < 1.29 is 9.59 Å². The Kier molecular flexibility index (Phi) is 8.77. The van der Waals surface area contributed by atoms with E-state index in [1.165, 1.54) is 0 Å². The molecule has 0 saturated heterocycles. The normalized spacial score (nSPS) is 12.8. The molecule has 0 radical (unpaired) electrons. The number of para-hydroxylation sites is 2. The molecule has 4 amide bonds. The summed E-state index contributed by atoms with van der Waals surface area (Å²) in [5, 5.41) is 6.01. The topological polar surface area (TPSA) is 116 Å². The lowest BCUT2D eigenvalue weighted by molar-refractivity contribution is 0.204. The summed E-state index contributed by atoms with van der Waals surface area (Å²) in [6, 6.07) is 40.9. The van der Waals surface area contributed by atoms with E-state index in [2.05, 4.69) is 10.6 Å². The lowest BCUT2D eigenvalue weighted by atomic mass is 10.2. The van der Waals surface area contributed by atoms with Gasteiger partial charge in [-0.25, -0.2) is 29.5 Å². The summed E-state index contributed by atoms with van der Waals surface area (Å²) in [5.41, 5.74) is 6.80. The van der Waals surface area contributed by atoms with Gasteiger partial charge in [0.2, 0.25) is 0 Å². The molecule has 4 aromatic heterocycles. The number of carbonyl (C=O) groups excluding carboxylic acids is 2. The average Bonchev–Trinajstić information content (AvgIpc) is 3.12. The zero-order valence-corrected chi connectivity index (χ0v) is 26.0. The number of aromatic nitrogens is 4. The van der Waals surface area contributed by atoms with Gasteiger partial charge in [0.15, 0.2) is 0 Å². The molecular formula is C38H32N8O2. The first-order valence-electron chi connectivity index (χ1n) is 15.6. The van der Waals surface area contributed by atoms with Crippen LogP contribution in [0.3, 0.4) is 0 Å². The number of hydrogen-bond donors (Lipinski definition) is 2. The second-order valence-corrected chi connectivity index (χ2v) is 11.4. The molecule has 0 spiro atoms. The highest BCUT2D eigenvalue weighted by atomic mass is 16.2. The average molecular weight is 633 g/mol. The fraction of sp³-hybridized carbons (Fsp3) is 0.105. The quantitative estimate of drug-likeness (QED) is 0.206. The van der Waals surface area contributed by atoms with Crippen LogP contribution in [0.1, 0.15) is 22.8 Å². The molecule has 236 valence electrons. The molecule has 0 fully saturated rings. The Balaban J connectivity index is 1.28. The van der Waals surface area contributed by atoms with E-state index >= 15 is 0 Å². The summed E-state index contributed by atoms with van der Waals surface area (Å²) >= 11 is 0. The number of urea groups is 2. The molecule has 1 aliphatic rings. The number of amides is 4. The molecule has 10 heteroatoms. The van der Waals surface area contributed by atoms with Gasteiger partial charge in [-0.1, -0.05) is 60.7 Å². The van der Waals surface area contributed by atoms with E-state index in [-0.39, 0.29) is 38.2 Å². The highest BCUT2D eigenvalue weighted by Crippen LogP contribution is 2.22. The molecule has 48 heavy (non-hydrogen) atoms. The van der Waals surface area contributed by atoms with E-state index in [0.29, 0.717) is 56.9 Å². The van der Waals surface area contributed by atoms with E-state index in [4.69, 9.17) is 19.9 Å². The summed E-state index contributed by atoms with van der Waals surface area (Å²) in [4.78, 5) is 50.3. The van der Waals surface area contributed by atoms with Gasteiger partial charge in [0.25, 0.3) is 0 Å². The third kappa shape index (κ3) is 7.34.